The zero-order chi connectivity index (χ0) is 23.7. The molecular weight excluding hydrogens is 437 g/mol. The van der Waals surface area contributed by atoms with Crippen LogP contribution < -0.4 is 0 Å². The second kappa shape index (κ2) is 9.29. The molecule has 0 bridgehead atoms. The zero-order valence-electron chi connectivity index (χ0n) is 18.8. The van der Waals surface area contributed by atoms with Crippen LogP contribution >= 0.6 is 0 Å². The predicted molar refractivity (Wildman–Crippen MR) is 119 cm³/mol. The summed E-state index contributed by atoms with van der Waals surface area (Å²) in [5.41, 5.74) is 3.32. The molecule has 0 aliphatic carbocycles. The molecule has 2 aromatic carbocycles. The van der Waals surface area contributed by atoms with Gasteiger partial charge in [0.1, 0.15) is 18.2 Å². The Kier molecular flexibility index (Phi) is 6.04. The first-order valence-corrected chi connectivity index (χ1v) is 11.2. The molecular formula is C24H24FN7O2. The number of aromatic nitrogens is 4. The van der Waals surface area contributed by atoms with Gasteiger partial charge in [-0.1, -0.05) is 18.2 Å². The highest BCUT2D eigenvalue weighted by atomic mass is 19.1. The van der Waals surface area contributed by atoms with Crippen molar-refractivity contribution in [2.45, 2.75) is 25.5 Å². The first-order chi connectivity index (χ1) is 16.5. The quantitative estimate of drug-likeness (QED) is 0.584. The minimum atomic E-state index is -0.505. The Morgan fingerprint density at radius 3 is 2.76 bits per heavy atom. The highest BCUT2D eigenvalue weighted by Crippen LogP contribution is 2.31. The van der Waals surface area contributed by atoms with Crippen LogP contribution in [0.4, 0.5) is 4.39 Å². The molecule has 2 aliphatic heterocycles. The van der Waals surface area contributed by atoms with Crippen molar-refractivity contribution in [3.05, 3.63) is 70.8 Å². The lowest BCUT2D eigenvalue weighted by Gasteiger charge is -2.46. The number of carbonyl (C=O) groups is 1. The fourth-order valence-electron chi connectivity index (χ4n) is 4.71. The molecule has 3 heterocycles. The maximum Gasteiger partial charge on any atom is 0.227 e. The maximum atomic E-state index is 13.9. The summed E-state index contributed by atoms with van der Waals surface area (Å²) in [6.45, 7) is 4.91. The summed E-state index contributed by atoms with van der Waals surface area (Å²) in [6.07, 6.45) is 1.64. The van der Waals surface area contributed by atoms with Gasteiger partial charge in [0.2, 0.25) is 5.91 Å². The number of rotatable bonds is 4. The van der Waals surface area contributed by atoms with Gasteiger partial charge >= 0.3 is 0 Å². The van der Waals surface area contributed by atoms with Crippen LogP contribution in [0.2, 0.25) is 0 Å². The number of piperazine rings is 1. The van der Waals surface area contributed by atoms with Crippen molar-refractivity contribution in [2.24, 2.45) is 0 Å². The van der Waals surface area contributed by atoms with E-state index in [4.69, 9.17) is 4.74 Å². The second-order valence-corrected chi connectivity index (χ2v) is 8.66. The smallest absolute Gasteiger partial charge is 0.227 e. The van der Waals surface area contributed by atoms with E-state index in [1.807, 2.05) is 35.2 Å². The third-order valence-corrected chi connectivity index (χ3v) is 6.67. The van der Waals surface area contributed by atoms with Crippen LogP contribution in [0.3, 0.4) is 0 Å². The van der Waals surface area contributed by atoms with Crippen LogP contribution in [0.25, 0.3) is 5.69 Å². The molecule has 3 aromatic rings. The minimum absolute atomic E-state index is 0.0737. The number of nitriles is 1. The lowest BCUT2D eigenvalue weighted by molar-refractivity contribution is -0.139. The number of ether oxygens (including phenoxy) is 1. The fourth-order valence-corrected chi connectivity index (χ4v) is 4.71. The molecule has 1 amide bonds. The van der Waals surface area contributed by atoms with E-state index in [1.165, 1.54) is 12.4 Å². The Morgan fingerprint density at radius 1 is 1.21 bits per heavy atom. The number of hydrogen-bond donors (Lipinski definition) is 0. The van der Waals surface area contributed by atoms with E-state index in [0.717, 1.165) is 23.4 Å². The van der Waals surface area contributed by atoms with E-state index in [1.54, 1.807) is 17.7 Å². The summed E-state index contributed by atoms with van der Waals surface area (Å²) in [6, 6.07) is 12.7. The van der Waals surface area contributed by atoms with Crippen molar-refractivity contribution < 1.29 is 13.9 Å². The topological polar surface area (TPSA) is 100 Å². The average Bonchev–Trinajstić information content (AvgIpc) is 3.39. The summed E-state index contributed by atoms with van der Waals surface area (Å²) in [4.78, 5) is 17.2. The number of benzene rings is 2. The zero-order valence-corrected chi connectivity index (χ0v) is 18.8. The second-order valence-electron chi connectivity index (χ2n) is 8.66. The van der Waals surface area contributed by atoms with Gasteiger partial charge in [-0.2, -0.15) is 5.26 Å². The Morgan fingerprint density at radius 2 is 2.03 bits per heavy atom. The predicted octanol–water partition coefficient (Wildman–Crippen LogP) is 1.81. The molecule has 0 N–H and O–H groups in total. The van der Waals surface area contributed by atoms with Gasteiger partial charge in [-0.15, -0.1) is 5.10 Å². The van der Waals surface area contributed by atoms with Crippen molar-refractivity contribution in [1.82, 2.24) is 30.0 Å². The molecule has 0 spiro atoms. The molecule has 2 aliphatic rings. The molecule has 10 heteroatoms. The molecule has 2 fully saturated rings. The van der Waals surface area contributed by atoms with Gasteiger partial charge in [-0.3, -0.25) is 9.69 Å². The van der Waals surface area contributed by atoms with Crippen molar-refractivity contribution in [1.29, 1.82) is 5.26 Å². The number of hydrogen-bond acceptors (Lipinski definition) is 7. The largest absolute Gasteiger partial charge is 0.370 e. The van der Waals surface area contributed by atoms with Crippen molar-refractivity contribution in [3.8, 4) is 11.8 Å². The third-order valence-electron chi connectivity index (χ3n) is 6.67. The van der Waals surface area contributed by atoms with Gasteiger partial charge in [-0.25, -0.2) is 9.07 Å². The standard InChI is InChI=1S/C24H24FN7O2/c1-16-20(6-7-22(25)21(16)11-26)23-13-30-8-9-31(12-19(30)14-34-23)24(33)10-17-2-4-18(5-3-17)32-15-27-28-29-32/h2-7,15,19,23H,8-10,12-14H2,1H3/t19-,23-/m1/s1. The lowest BCUT2D eigenvalue weighted by Crippen LogP contribution is -2.59. The number of amides is 1. The van der Waals surface area contributed by atoms with E-state index < -0.39 is 5.82 Å². The van der Waals surface area contributed by atoms with E-state index in [-0.39, 0.29) is 23.6 Å². The molecule has 1 aromatic heterocycles. The molecule has 0 radical (unpaired) electrons. The highest BCUT2D eigenvalue weighted by molar-refractivity contribution is 5.79. The monoisotopic (exact) mass is 461 g/mol. The third kappa shape index (κ3) is 4.27. The van der Waals surface area contributed by atoms with Gasteiger partial charge in [0.25, 0.3) is 0 Å². The van der Waals surface area contributed by atoms with Crippen molar-refractivity contribution in [3.63, 3.8) is 0 Å². The number of nitrogens with zero attached hydrogens (tertiary/aromatic N) is 7. The molecule has 9 nitrogen and oxygen atoms in total. The summed E-state index contributed by atoms with van der Waals surface area (Å²) < 4.78 is 21.6. The van der Waals surface area contributed by atoms with Gasteiger partial charge in [0, 0.05) is 26.2 Å². The summed E-state index contributed by atoms with van der Waals surface area (Å²) in [5, 5.41) is 20.4. The average molecular weight is 462 g/mol. The first kappa shape index (κ1) is 22.1. The van der Waals surface area contributed by atoms with Crippen LogP contribution in [-0.2, 0) is 16.0 Å². The maximum absolute atomic E-state index is 13.9. The fraction of sp³-hybridized carbons (Fsp3) is 0.375. The molecule has 0 saturated carbocycles. The number of tetrazole rings is 1. The normalized spacial score (nSPS) is 20.6. The van der Waals surface area contributed by atoms with Crippen molar-refractivity contribution >= 4 is 5.91 Å². The van der Waals surface area contributed by atoms with Gasteiger partial charge in [0.15, 0.2) is 0 Å². The Labute approximate surface area is 196 Å². The van der Waals surface area contributed by atoms with E-state index in [0.29, 0.717) is 38.2 Å². The van der Waals surface area contributed by atoms with E-state index >= 15 is 0 Å². The molecule has 2 saturated heterocycles. The first-order valence-electron chi connectivity index (χ1n) is 11.2. The van der Waals surface area contributed by atoms with Crippen LogP contribution in [0.1, 0.15) is 28.4 Å². The summed E-state index contributed by atoms with van der Waals surface area (Å²) in [5.74, 6) is -0.417. The lowest BCUT2D eigenvalue weighted by atomic mass is 9.96. The number of fused-ring (bicyclic) bond motifs is 1. The Balaban J connectivity index is 1.19. The van der Waals surface area contributed by atoms with Gasteiger partial charge in [0.05, 0.1) is 36.4 Å². The van der Waals surface area contributed by atoms with Crippen LogP contribution in [-0.4, -0.2) is 74.7 Å². The SMILES string of the molecule is Cc1c([C@H]2CN3CCN(C(=O)Cc4ccc(-n5cnnn5)cc4)C[C@@H]3CO2)ccc(F)c1C#N. The van der Waals surface area contributed by atoms with Crippen molar-refractivity contribution in [2.75, 3.05) is 32.8 Å². The van der Waals surface area contributed by atoms with Crippen LogP contribution in [0.15, 0.2) is 42.7 Å². The van der Waals surface area contributed by atoms with Crippen LogP contribution in [0.5, 0.6) is 0 Å². The van der Waals surface area contributed by atoms with Gasteiger partial charge in [-0.05, 0) is 52.2 Å². The molecule has 0 unspecified atom stereocenters. The molecule has 174 valence electrons. The Hall–Kier alpha value is -3.68. The van der Waals surface area contributed by atoms with E-state index in [9.17, 15) is 14.4 Å². The number of carbonyl (C=O) groups excluding carboxylic acids is 1. The number of morpholine rings is 1. The Bertz CT molecular complexity index is 1220. The summed E-state index contributed by atoms with van der Waals surface area (Å²) in [7, 11) is 0. The van der Waals surface area contributed by atoms with E-state index in [2.05, 4.69) is 20.4 Å². The van der Waals surface area contributed by atoms with Crippen LogP contribution in [0, 0.1) is 24.1 Å². The minimum Gasteiger partial charge on any atom is -0.370 e. The van der Waals surface area contributed by atoms with Gasteiger partial charge < -0.3 is 9.64 Å². The molecule has 5 rings (SSSR count). The highest BCUT2D eigenvalue weighted by Gasteiger charge is 2.36. The molecule has 2 atom stereocenters. The molecule has 34 heavy (non-hydrogen) atoms. The number of halogens is 1. The summed E-state index contributed by atoms with van der Waals surface area (Å²) >= 11 is 0.